The van der Waals surface area contributed by atoms with Gasteiger partial charge in [0.25, 0.3) is 5.91 Å². The smallest absolute Gasteiger partial charge is 0.254 e. The molecule has 0 aromatic heterocycles. The Morgan fingerprint density at radius 3 is 2.35 bits per heavy atom. The molecular weight excluding hydrogens is 358 g/mol. The van der Waals surface area contributed by atoms with Gasteiger partial charge in [0.05, 0.1) is 19.8 Å². The van der Waals surface area contributed by atoms with Crippen LogP contribution in [0.15, 0.2) is 18.2 Å². The fourth-order valence-corrected chi connectivity index (χ4v) is 2.69. The van der Waals surface area contributed by atoms with Crippen LogP contribution in [0, 0.1) is 0 Å². The molecule has 1 N–H and O–H groups in total. The summed E-state index contributed by atoms with van der Waals surface area (Å²) in [7, 11) is 1.64. The normalized spacial score (nSPS) is 13.6. The highest BCUT2D eigenvalue weighted by molar-refractivity contribution is 5.97. The average Bonchev–Trinajstić information content (AvgIpc) is 2.63. The lowest BCUT2D eigenvalue weighted by molar-refractivity contribution is -0.132. The van der Waals surface area contributed by atoms with Gasteiger partial charge in [-0.3, -0.25) is 9.59 Å². The summed E-state index contributed by atoms with van der Waals surface area (Å²) in [6.45, 7) is 7.78. The number of carbonyl (C=O) groups is 2. The molecule has 2 amide bonds. The third-order valence-electron chi connectivity index (χ3n) is 3.98. The fraction of sp³-hybridized carbons (Fsp3) is 0.556. The summed E-state index contributed by atoms with van der Waals surface area (Å²) in [6, 6.07) is 5.10. The highest BCUT2D eigenvalue weighted by Crippen LogP contribution is 2.29. The van der Waals surface area contributed by atoms with Gasteiger partial charge in [-0.15, -0.1) is 12.4 Å². The number of hydrogen-bond acceptors (Lipinski definition) is 5. The van der Waals surface area contributed by atoms with Crippen molar-refractivity contribution >= 4 is 24.2 Å². The van der Waals surface area contributed by atoms with Gasteiger partial charge in [-0.2, -0.15) is 0 Å². The molecule has 0 aliphatic carbocycles. The molecule has 2 rings (SSSR count). The maximum atomic E-state index is 12.6. The zero-order valence-corrected chi connectivity index (χ0v) is 16.4. The molecule has 1 fully saturated rings. The minimum atomic E-state index is -0.215. The van der Waals surface area contributed by atoms with E-state index in [0.29, 0.717) is 43.4 Å². The second-order valence-electron chi connectivity index (χ2n) is 5.82. The number of halogens is 1. The molecule has 1 aromatic carbocycles. The van der Waals surface area contributed by atoms with Crippen LogP contribution in [-0.2, 0) is 4.79 Å². The Balaban J connectivity index is 0.00000338. The van der Waals surface area contributed by atoms with Crippen LogP contribution in [0.4, 0.5) is 0 Å². The van der Waals surface area contributed by atoms with E-state index in [4.69, 9.17) is 9.47 Å². The molecule has 0 radical (unpaired) electrons. The van der Waals surface area contributed by atoms with Crippen LogP contribution in [0.1, 0.15) is 24.2 Å². The van der Waals surface area contributed by atoms with Crippen molar-refractivity contribution in [3.8, 4) is 11.5 Å². The Kier molecular flexibility index (Phi) is 9.23. The molecule has 0 bridgehead atoms. The lowest BCUT2D eigenvalue weighted by Gasteiger charge is -2.29. The van der Waals surface area contributed by atoms with E-state index in [1.807, 2.05) is 13.8 Å². The predicted molar refractivity (Wildman–Crippen MR) is 102 cm³/mol. The van der Waals surface area contributed by atoms with Crippen LogP contribution in [0.25, 0.3) is 0 Å². The van der Waals surface area contributed by atoms with Gasteiger partial charge < -0.3 is 24.6 Å². The Bertz CT molecular complexity index is 606. The van der Waals surface area contributed by atoms with Crippen LogP contribution in [0.2, 0.25) is 0 Å². The molecule has 26 heavy (non-hydrogen) atoms. The van der Waals surface area contributed by atoms with Crippen molar-refractivity contribution in [1.82, 2.24) is 15.1 Å². The number of rotatable bonds is 7. The highest BCUT2D eigenvalue weighted by Gasteiger charge is 2.21. The lowest BCUT2D eigenvalue weighted by atomic mass is 10.1. The first-order valence-corrected chi connectivity index (χ1v) is 8.70. The Morgan fingerprint density at radius 1 is 1.12 bits per heavy atom. The van der Waals surface area contributed by atoms with Crippen LogP contribution in [0.3, 0.4) is 0 Å². The number of hydrogen-bond donors (Lipinski definition) is 1. The number of carbonyl (C=O) groups excluding carboxylic acids is 2. The van der Waals surface area contributed by atoms with Gasteiger partial charge >= 0.3 is 0 Å². The third-order valence-corrected chi connectivity index (χ3v) is 3.98. The van der Waals surface area contributed by atoms with Crippen molar-refractivity contribution < 1.29 is 19.1 Å². The minimum absolute atomic E-state index is 0. The van der Waals surface area contributed by atoms with E-state index in [-0.39, 0.29) is 30.8 Å². The molecule has 7 nitrogen and oxygen atoms in total. The number of nitrogens with one attached hydrogen (secondary N) is 1. The minimum Gasteiger partial charge on any atom is -0.490 e. The second kappa shape index (κ2) is 10.9. The molecule has 1 heterocycles. The monoisotopic (exact) mass is 385 g/mol. The molecule has 1 saturated heterocycles. The number of nitrogens with zero attached hydrogens (tertiary/aromatic N) is 2. The van der Waals surface area contributed by atoms with Crippen molar-refractivity contribution in [3.05, 3.63) is 23.8 Å². The summed E-state index contributed by atoms with van der Waals surface area (Å²) in [4.78, 5) is 28.2. The summed E-state index contributed by atoms with van der Waals surface area (Å²) in [5, 5.41) is 3.21. The van der Waals surface area contributed by atoms with E-state index >= 15 is 0 Å². The summed E-state index contributed by atoms with van der Waals surface area (Å²) in [6.07, 6.45) is 0. The molecule has 146 valence electrons. The first-order chi connectivity index (χ1) is 12.1. The third kappa shape index (κ3) is 5.78. The molecule has 0 saturated carbocycles. The van der Waals surface area contributed by atoms with Gasteiger partial charge in [0.15, 0.2) is 11.5 Å². The van der Waals surface area contributed by atoms with Gasteiger partial charge in [-0.25, -0.2) is 0 Å². The van der Waals surface area contributed by atoms with Crippen molar-refractivity contribution in [2.24, 2.45) is 0 Å². The van der Waals surface area contributed by atoms with Crippen LogP contribution in [-0.4, -0.2) is 74.6 Å². The molecule has 1 aliphatic heterocycles. The van der Waals surface area contributed by atoms with E-state index in [1.54, 1.807) is 30.1 Å². The van der Waals surface area contributed by atoms with E-state index in [0.717, 1.165) is 13.1 Å². The Hall–Kier alpha value is -1.99. The first kappa shape index (κ1) is 22.1. The molecule has 1 aromatic rings. The number of likely N-dealkylation sites (N-methyl/N-ethyl adjacent to an activating group) is 1. The molecule has 0 spiro atoms. The largest absolute Gasteiger partial charge is 0.490 e. The summed E-state index contributed by atoms with van der Waals surface area (Å²) >= 11 is 0. The zero-order chi connectivity index (χ0) is 18.2. The number of amides is 2. The van der Waals surface area contributed by atoms with Gasteiger partial charge in [-0.1, -0.05) is 0 Å². The Morgan fingerprint density at radius 2 is 1.73 bits per heavy atom. The average molecular weight is 386 g/mol. The molecule has 0 atom stereocenters. The van der Waals surface area contributed by atoms with Crippen molar-refractivity contribution in [2.75, 3.05) is 53.0 Å². The van der Waals surface area contributed by atoms with Crippen molar-refractivity contribution in [3.63, 3.8) is 0 Å². The van der Waals surface area contributed by atoms with Crippen LogP contribution >= 0.6 is 12.4 Å². The van der Waals surface area contributed by atoms with Gasteiger partial charge in [0.2, 0.25) is 5.91 Å². The molecular formula is C18H28ClN3O4. The first-order valence-electron chi connectivity index (χ1n) is 8.70. The van der Waals surface area contributed by atoms with Crippen molar-refractivity contribution in [1.29, 1.82) is 0 Å². The zero-order valence-electron chi connectivity index (χ0n) is 15.6. The number of piperazine rings is 1. The molecule has 0 unspecified atom stereocenters. The second-order valence-corrected chi connectivity index (χ2v) is 5.82. The SMILES string of the molecule is CCOc1ccc(C(=O)N(C)CC(=O)N2CCNCC2)cc1OCC.Cl. The topological polar surface area (TPSA) is 71.1 Å². The molecule has 1 aliphatic rings. The Labute approximate surface area is 161 Å². The van der Waals surface area contributed by atoms with E-state index in [1.165, 1.54) is 4.90 Å². The molecule has 8 heteroatoms. The maximum Gasteiger partial charge on any atom is 0.254 e. The van der Waals surface area contributed by atoms with Crippen LogP contribution < -0.4 is 14.8 Å². The quantitative estimate of drug-likeness (QED) is 0.768. The predicted octanol–water partition coefficient (Wildman–Crippen LogP) is 1.41. The van der Waals surface area contributed by atoms with Gasteiger partial charge in [0, 0.05) is 38.8 Å². The maximum absolute atomic E-state index is 12.6. The van der Waals surface area contributed by atoms with Crippen molar-refractivity contribution in [2.45, 2.75) is 13.8 Å². The van der Waals surface area contributed by atoms with E-state index in [9.17, 15) is 9.59 Å². The summed E-state index contributed by atoms with van der Waals surface area (Å²) < 4.78 is 11.1. The number of ether oxygens (including phenoxy) is 2. The van der Waals surface area contributed by atoms with E-state index < -0.39 is 0 Å². The number of benzene rings is 1. The fourth-order valence-electron chi connectivity index (χ4n) is 2.69. The van der Waals surface area contributed by atoms with Crippen LogP contribution in [0.5, 0.6) is 11.5 Å². The summed E-state index contributed by atoms with van der Waals surface area (Å²) in [5.41, 5.74) is 0.475. The summed E-state index contributed by atoms with van der Waals surface area (Å²) in [5.74, 6) is 0.901. The van der Waals surface area contributed by atoms with Gasteiger partial charge in [0.1, 0.15) is 0 Å². The standard InChI is InChI=1S/C18H27N3O4.ClH/c1-4-24-15-7-6-14(12-16(15)25-5-2)18(23)20(3)13-17(22)21-10-8-19-9-11-21;/h6-7,12,19H,4-5,8-11,13H2,1-3H3;1H. The highest BCUT2D eigenvalue weighted by atomic mass is 35.5. The van der Waals surface area contributed by atoms with E-state index in [2.05, 4.69) is 5.32 Å². The van der Waals surface area contributed by atoms with Gasteiger partial charge in [-0.05, 0) is 32.0 Å². The lowest BCUT2D eigenvalue weighted by Crippen LogP contribution is -2.49.